The zero-order valence-electron chi connectivity index (χ0n) is 17.3. The van der Waals surface area contributed by atoms with Crippen molar-refractivity contribution in [3.05, 3.63) is 65.9 Å². The average Bonchev–Trinajstić information content (AvgIpc) is 3.39. The fourth-order valence-electron chi connectivity index (χ4n) is 4.11. The molecule has 3 aromatic rings. The predicted molar refractivity (Wildman–Crippen MR) is 119 cm³/mol. The summed E-state index contributed by atoms with van der Waals surface area (Å²) in [6.45, 7) is 4.18. The molecule has 0 saturated carbocycles. The molecule has 2 heterocycles. The highest BCUT2D eigenvalue weighted by atomic mass is 15.4. The Labute approximate surface area is 173 Å². The van der Waals surface area contributed by atoms with Crippen LogP contribution in [-0.4, -0.2) is 35.1 Å². The smallest absolute Gasteiger partial charge is 0.113 e. The number of aromatic nitrogens is 3. The van der Waals surface area contributed by atoms with Gasteiger partial charge in [0.2, 0.25) is 0 Å². The van der Waals surface area contributed by atoms with Crippen LogP contribution in [0.3, 0.4) is 0 Å². The largest absolute Gasteiger partial charge is 0.371 e. The highest BCUT2D eigenvalue weighted by molar-refractivity contribution is 5.58. The minimum atomic E-state index is 0.886. The first-order valence-corrected chi connectivity index (χ1v) is 10.8. The molecule has 2 aromatic carbocycles. The summed E-state index contributed by atoms with van der Waals surface area (Å²) in [4.78, 5) is 2.54. The first-order chi connectivity index (χ1) is 14.3. The van der Waals surface area contributed by atoms with Gasteiger partial charge in [-0.1, -0.05) is 60.5 Å². The van der Waals surface area contributed by atoms with Crippen LogP contribution >= 0.6 is 0 Å². The van der Waals surface area contributed by atoms with Crippen LogP contribution in [-0.2, 0) is 19.5 Å². The molecule has 152 valence electrons. The third-order valence-electron chi connectivity index (χ3n) is 5.72. The van der Waals surface area contributed by atoms with E-state index in [9.17, 15) is 0 Å². The van der Waals surface area contributed by atoms with E-state index in [0.717, 1.165) is 30.8 Å². The van der Waals surface area contributed by atoms with Gasteiger partial charge in [-0.15, -0.1) is 5.10 Å². The number of nitrogens with zero attached hydrogens (tertiary/aromatic N) is 4. The number of para-hydroxylation sites is 1. The highest BCUT2D eigenvalue weighted by Crippen LogP contribution is 2.27. The number of hydrogen-bond acceptors (Lipinski definition) is 4. The maximum atomic E-state index is 4.34. The topological polar surface area (TPSA) is 46.0 Å². The first-order valence-electron chi connectivity index (χ1n) is 10.8. The van der Waals surface area contributed by atoms with Gasteiger partial charge in [0.25, 0.3) is 0 Å². The van der Waals surface area contributed by atoms with Crippen molar-refractivity contribution < 1.29 is 0 Å². The van der Waals surface area contributed by atoms with Crippen molar-refractivity contribution in [1.82, 2.24) is 20.3 Å². The number of nitrogens with one attached hydrogen (secondary N) is 1. The van der Waals surface area contributed by atoms with Crippen molar-refractivity contribution in [1.29, 1.82) is 0 Å². The van der Waals surface area contributed by atoms with Gasteiger partial charge in [-0.2, -0.15) is 0 Å². The molecule has 0 amide bonds. The average molecular weight is 390 g/mol. The van der Waals surface area contributed by atoms with Gasteiger partial charge in [0, 0.05) is 37.4 Å². The third kappa shape index (κ3) is 5.04. The van der Waals surface area contributed by atoms with E-state index < -0.39 is 0 Å². The number of unbranched alkanes of at least 4 members (excludes halogenated alkanes) is 3. The standard InChI is InChI=1S/C24H31N5/c1-25-18-20-10-12-21(13-11-20)23-19-29(27-26-23)16-7-3-2-6-15-28-17-14-22-8-4-5-9-24(22)28/h4-5,8-13,19,25H,2-3,6-7,14-18H2,1H3. The molecule has 0 unspecified atom stereocenters. The molecule has 1 aromatic heterocycles. The second-order valence-electron chi connectivity index (χ2n) is 7.87. The Morgan fingerprint density at radius 3 is 2.55 bits per heavy atom. The van der Waals surface area contributed by atoms with Crippen LogP contribution in [0, 0.1) is 0 Å². The quantitative estimate of drug-likeness (QED) is 0.526. The lowest BCUT2D eigenvalue weighted by atomic mass is 10.1. The second-order valence-corrected chi connectivity index (χ2v) is 7.87. The first kappa shape index (κ1) is 19.6. The summed E-state index contributed by atoms with van der Waals surface area (Å²) in [6, 6.07) is 17.4. The Bertz CT molecular complexity index is 900. The third-order valence-corrected chi connectivity index (χ3v) is 5.72. The van der Waals surface area contributed by atoms with Crippen molar-refractivity contribution in [2.45, 2.75) is 45.2 Å². The molecule has 0 atom stereocenters. The molecule has 0 saturated heterocycles. The van der Waals surface area contributed by atoms with E-state index in [1.165, 1.54) is 55.6 Å². The number of benzene rings is 2. The molecule has 5 heteroatoms. The van der Waals surface area contributed by atoms with Gasteiger partial charge in [0.05, 0.1) is 6.20 Å². The van der Waals surface area contributed by atoms with Gasteiger partial charge in [-0.05, 0) is 43.5 Å². The maximum Gasteiger partial charge on any atom is 0.113 e. The minimum Gasteiger partial charge on any atom is -0.371 e. The Kier molecular flexibility index (Phi) is 6.57. The van der Waals surface area contributed by atoms with Crippen molar-refractivity contribution in [3.63, 3.8) is 0 Å². The van der Waals surface area contributed by atoms with Crippen molar-refractivity contribution in [3.8, 4) is 11.3 Å². The minimum absolute atomic E-state index is 0.886. The van der Waals surface area contributed by atoms with E-state index in [2.05, 4.69) is 75.3 Å². The molecule has 4 rings (SSSR count). The van der Waals surface area contributed by atoms with Gasteiger partial charge in [0.15, 0.2) is 0 Å². The zero-order chi connectivity index (χ0) is 19.9. The van der Waals surface area contributed by atoms with Crippen LogP contribution in [0.1, 0.15) is 36.8 Å². The van der Waals surface area contributed by atoms with E-state index in [0.29, 0.717) is 0 Å². The molecule has 0 radical (unpaired) electrons. The van der Waals surface area contributed by atoms with Crippen LogP contribution < -0.4 is 10.2 Å². The normalized spacial score (nSPS) is 13.1. The maximum absolute atomic E-state index is 4.34. The lowest BCUT2D eigenvalue weighted by Crippen LogP contribution is -2.21. The number of rotatable bonds is 10. The summed E-state index contributed by atoms with van der Waals surface area (Å²) >= 11 is 0. The van der Waals surface area contributed by atoms with Gasteiger partial charge in [-0.25, -0.2) is 0 Å². The van der Waals surface area contributed by atoms with Crippen LogP contribution in [0.2, 0.25) is 0 Å². The monoisotopic (exact) mass is 389 g/mol. The van der Waals surface area contributed by atoms with E-state index in [-0.39, 0.29) is 0 Å². The SMILES string of the molecule is CNCc1ccc(-c2cn(CCCCCCN3CCc4ccccc43)nn2)cc1. The second kappa shape index (κ2) is 9.70. The Morgan fingerprint density at radius 2 is 1.72 bits per heavy atom. The summed E-state index contributed by atoms with van der Waals surface area (Å²) in [6.07, 6.45) is 8.18. The molecule has 0 fully saturated rings. The van der Waals surface area contributed by atoms with E-state index in [4.69, 9.17) is 0 Å². The van der Waals surface area contributed by atoms with E-state index >= 15 is 0 Å². The van der Waals surface area contributed by atoms with Gasteiger partial charge in [-0.3, -0.25) is 4.68 Å². The molecule has 0 bridgehead atoms. The fourth-order valence-corrected chi connectivity index (χ4v) is 4.11. The Hall–Kier alpha value is -2.66. The van der Waals surface area contributed by atoms with E-state index in [1.54, 1.807) is 0 Å². The zero-order valence-corrected chi connectivity index (χ0v) is 17.3. The van der Waals surface area contributed by atoms with Crippen molar-refractivity contribution in [2.24, 2.45) is 0 Å². The molecule has 29 heavy (non-hydrogen) atoms. The summed E-state index contributed by atoms with van der Waals surface area (Å²) < 4.78 is 1.98. The number of anilines is 1. The number of hydrogen-bond donors (Lipinski definition) is 1. The summed E-state index contributed by atoms with van der Waals surface area (Å²) in [5.41, 5.74) is 6.31. The fraction of sp³-hybridized carbons (Fsp3) is 0.417. The molecule has 1 aliphatic heterocycles. The summed E-state index contributed by atoms with van der Waals surface area (Å²) in [7, 11) is 1.96. The van der Waals surface area contributed by atoms with Gasteiger partial charge >= 0.3 is 0 Å². The molecule has 0 spiro atoms. The molecule has 0 aliphatic carbocycles. The molecule has 1 N–H and O–H groups in total. The lowest BCUT2D eigenvalue weighted by molar-refractivity contribution is 0.522. The van der Waals surface area contributed by atoms with Gasteiger partial charge < -0.3 is 10.2 Å². The van der Waals surface area contributed by atoms with Crippen molar-refractivity contribution >= 4 is 5.69 Å². The lowest BCUT2D eigenvalue weighted by Gasteiger charge is -2.19. The number of aryl methyl sites for hydroxylation is 1. The van der Waals surface area contributed by atoms with Crippen LogP contribution in [0.25, 0.3) is 11.3 Å². The Balaban J connectivity index is 1.16. The Morgan fingerprint density at radius 1 is 0.931 bits per heavy atom. The van der Waals surface area contributed by atoms with Crippen molar-refractivity contribution in [2.75, 3.05) is 25.0 Å². The van der Waals surface area contributed by atoms with Gasteiger partial charge in [0.1, 0.15) is 5.69 Å². The molecule has 1 aliphatic rings. The predicted octanol–water partition coefficient (Wildman–Crippen LogP) is 4.29. The van der Waals surface area contributed by atoms with Crippen LogP contribution in [0.5, 0.6) is 0 Å². The van der Waals surface area contributed by atoms with Crippen LogP contribution in [0.4, 0.5) is 5.69 Å². The van der Waals surface area contributed by atoms with E-state index in [1.807, 2.05) is 11.7 Å². The number of fused-ring (bicyclic) bond motifs is 1. The van der Waals surface area contributed by atoms with Crippen LogP contribution in [0.15, 0.2) is 54.7 Å². The molecular weight excluding hydrogens is 358 g/mol. The molecule has 5 nitrogen and oxygen atoms in total. The highest BCUT2D eigenvalue weighted by Gasteiger charge is 2.17. The summed E-state index contributed by atoms with van der Waals surface area (Å²) in [5.74, 6) is 0. The summed E-state index contributed by atoms with van der Waals surface area (Å²) in [5, 5.41) is 11.8. The molecular formula is C24H31N5.